The molecule has 2 aromatic carbocycles. The number of anilines is 2. The molecule has 0 atom stereocenters. The van der Waals surface area contributed by atoms with E-state index in [1.165, 1.54) is 12.1 Å². The Morgan fingerprint density at radius 3 is 2.00 bits per heavy atom. The largest absolute Gasteiger partial charge is 0.573 e. The van der Waals surface area contributed by atoms with Crippen LogP contribution in [0.4, 0.5) is 38.1 Å². The molecule has 0 aliphatic heterocycles. The number of aromatic nitrogens is 2. The van der Waals surface area contributed by atoms with Crippen LogP contribution < -0.4 is 20.1 Å². The van der Waals surface area contributed by atoms with Crippen LogP contribution in [0.5, 0.6) is 5.75 Å². The summed E-state index contributed by atoms with van der Waals surface area (Å²) in [6.45, 7) is 7.06. The molecule has 10 nitrogen and oxygen atoms in total. The maximum absolute atomic E-state index is 12.7. The van der Waals surface area contributed by atoms with Crippen molar-refractivity contribution in [2.24, 2.45) is 11.8 Å². The minimum atomic E-state index is -5.08. The van der Waals surface area contributed by atoms with Gasteiger partial charge in [-0.2, -0.15) is 18.2 Å². The average molecular weight is 680 g/mol. The molecule has 1 heterocycles. The standard InChI is InChI=1S/C27H34F3N5O3S.C2HF3O2/c1-26(2,3)35-24-20-8-4-5-9-21(20)33-25(34-24)31-16-18-12-14-19(15-13-18)17-32-39(36,37)23-11-7-6-10-22(23)38-27(28,29)30;3-2(4,5)1(6)7/h4-11,18-19,32H,12-17H2,1-3H3,(H2,31,33,34,35);(H,6,7). The number of carboxylic acids is 1. The number of sulfonamides is 1. The lowest BCUT2D eigenvalue weighted by Crippen LogP contribution is -2.33. The molecule has 0 amide bonds. The van der Waals surface area contributed by atoms with E-state index < -0.39 is 39.2 Å². The van der Waals surface area contributed by atoms with Crippen molar-refractivity contribution in [1.82, 2.24) is 14.7 Å². The third-order valence-electron chi connectivity index (χ3n) is 6.78. The molecule has 4 N–H and O–H groups in total. The zero-order valence-corrected chi connectivity index (χ0v) is 26.0. The summed E-state index contributed by atoms with van der Waals surface area (Å²) < 4.78 is 102. The zero-order chi connectivity index (χ0) is 34.3. The SMILES string of the molecule is CC(C)(C)Nc1nc(NCC2CCC(CNS(=O)(=O)c3ccccc3OC(F)(F)F)CC2)nc2ccccc12.O=C(O)C(F)(F)F. The van der Waals surface area contributed by atoms with E-state index in [1.807, 2.05) is 24.3 Å². The molecule has 46 heavy (non-hydrogen) atoms. The summed E-state index contributed by atoms with van der Waals surface area (Å²) in [5, 5.41) is 14.9. The molecule has 1 aromatic heterocycles. The number of nitrogens with zero attached hydrogens (tertiary/aromatic N) is 2. The summed E-state index contributed by atoms with van der Waals surface area (Å²) in [5.74, 6) is -1.72. The van der Waals surface area contributed by atoms with Gasteiger partial charge in [0.25, 0.3) is 0 Å². The van der Waals surface area contributed by atoms with Crippen LogP contribution in [0.15, 0.2) is 53.4 Å². The summed E-state index contributed by atoms with van der Waals surface area (Å²) >= 11 is 0. The van der Waals surface area contributed by atoms with Crippen LogP contribution in [0, 0.1) is 11.8 Å². The van der Waals surface area contributed by atoms with E-state index in [4.69, 9.17) is 14.9 Å². The highest BCUT2D eigenvalue weighted by atomic mass is 32.2. The number of ether oxygens (including phenoxy) is 1. The number of nitrogens with one attached hydrogen (secondary N) is 3. The molecule has 0 radical (unpaired) electrons. The Morgan fingerprint density at radius 2 is 1.43 bits per heavy atom. The van der Waals surface area contributed by atoms with Crippen LogP contribution in [-0.4, -0.2) is 60.6 Å². The minimum Gasteiger partial charge on any atom is -0.475 e. The van der Waals surface area contributed by atoms with E-state index in [1.54, 1.807) is 0 Å². The van der Waals surface area contributed by atoms with Crippen LogP contribution in [0.25, 0.3) is 10.9 Å². The molecule has 1 aliphatic rings. The number of fused-ring (bicyclic) bond motifs is 1. The van der Waals surface area contributed by atoms with Gasteiger partial charge >= 0.3 is 18.5 Å². The van der Waals surface area contributed by atoms with Gasteiger partial charge in [-0.15, -0.1) is 13.2 Å². The van der Waals surface area contributed by atoms with Crippen LogP contribution in [0.1, 0.15) is 46.5 Å². The van der Waals surface area contributed by atoms with Crippen molar-refractivity contribution in [3.8, 4) is 5.75 Å². The van der Waals surface area contributed by atoms with E-state index in [9.17, 15) is 34.8 Å². The fourth-order valence-corrected chi connectivity index (χ4v) is 5.91. The molecule has 0 spiro atoms. The first-order valence-electron chi connectivity index (χ1n) is 14.2. The second-order valence-corrected chi connectivity index (χ2v) is 13.4. The molecule has 1 aliphatic carbocycles. The molecule has 17 heteroatoms. The number of halogens is 6. The van der Waals surface area contributed by atoms with Gasteiger partial charge in [-0.1, -0.05) is 24.3 Å². The van der Waals surface area contributed by atoms with E-state index in [-0.39, 0.29) is 18.0 Å². The first-order chi connectivity index (χ1) is 21.2. The van der Waals surface area contributed by atoms with Gasteiger partial charge in [0.1, 0.15) is 16.5 Å². The molecule has 3 aromatic rings. The Balaban J connectivity index is 0.000000738. The number of hydrogen-bond donors (Lipinski definition) is 4. The van der Waals surface area contributed by atoms with E-state index in [2.05, 4.69) is 45.8 Å². The number of rotatable bonds is 9. The zero-order valence-electron chi connectivity index (χ0n) is 25.2. The third kappa shape index (κ3) is 11.5. The van der Waals surface area contributed by atoms with Crippen molar-refractivity contribution in [3.05, 3.63) is 48.5 Å². The first-order valence-corrected chi connectivity index (χ1v) is 15.7. The van der Waals surface area contributed by atoms with E-state index in [0.717, 1.165) is 54.5 Å². The number of alkyl halides is 6. The van der Waals surface area contributed by atoms with Gasteiger partial charge in [0.05, 0.1) is 5.52 Å². The van der Waals surface area contributed by atoms with Crippen LogP contribution in [0.2, 0.25) is 0 Å². The fraction of sp³-hybridized carbons (Fsp3) is 0.483. The molecule has 1 fully saturated rings. The number of hydrogen-bond acceptors (Lipinski definition) is 8. The van der Waals surface area contributed by atoms with Crippen molar-refractivity contribution in [1.29, 1.82) is 0 Å². The second kappa shape index (κ2) is 14.7. The summed E-state index contributed by atoms with van der Waals surface area (Å²) in [6, 6.07) is 12.6. The highest BCUT2D eigenvalue weighted by molar-refractivity contribution is 7.89. The van der Waals surface area contributed by atoms with Crippen molar-refractivity contribution >= 4 is 38.7 Å². The minimum absolute atomic E-state index is 0.0891. The van der Waals surface area contributed by atoms with Gasteiger partial charge in [-0.3, -0.25) is 0 Å². The smallest absolute Gasteiger partial charge is 0.475 e. The second-order valence-electron chi connectivity index (χ2n) is 11.7. The number of aliphatic carboxylic acids is 1. The molecule has 0 saturated heterocycles. The van der Waals surface area contributed by atoms with Gasteiger partial charge in [0, 0.05) is 24.0 Å². The lowest BCUT2D eigenvalue weighted by Gasteiger charge is -2.29. The Bertz CT molecular complexity index is 1590. The van der Waals surface area contributed by atoms with Gasteiger partial charge < -0.3 is 20.5 Å². The normalized spacial score (nSPS) is 17.5. The highest BCUT2D eigenvalue weighted by Gasteiger charge is 2.38. The summed E-state index contributed by atoms with van der Waals surface area (Å²) in [7, 11) is -4.17. The van der Waals surface area contributed by atoms with Gasteiger partial charge in [0.15, 0.2) is 0 Å². The molecule has 4 rings (SSSR count). The number of carboxylic acid groups (broad SMARTS) is 1. The Labute approximate surface area is 262 Å². The van der Waals surface area contributed by atoms with Gasteiger partial charge in [0.2, 0.25) is 16.0 Å². The summed E-state index contributed by atoms with van der Waals surface area (Å²) in [6.07, 6.45) is -6.71. The van der Waals surface area contributed by atoms with Crippen LogP contribution in [0.3, 0.4) is 0 Å². The summed E-state index contributed by atoms with van der Waals surface area (Å²) in [4.78, 5) is 17.7. The van der Waals surface area contributed by atoms with Crippen LogP contribution >= 0.6 is 0 Å². The molecule has 254 valence electrons. The maximum atomic E-state index is 12.7. The predicted octanol–water partition coefficient (Wildman–Crippen LogP) is 6.57. The van der Waals surface area contributed by atoms with Crippen LogP contribution in [-0.2, 0) is 14.8 Å². The van der Waals surface area contributed by atoms with Gasteiger partial charge in [-0.05, 0) is 82.6 Å². The quantitative estimate of drug-likeness (QED) is 0.185. The number of carbonyl (C=O) groups is 1. The summed E-state index contributed by atoms with van der Waals surface area (Å²) in [5.41, 5.74) is 0.682. The lowest BCUT2D eigenvalue weighted by atomic mass is 9.82. The first kappa shape index (κ1) is 36.6. The lowest BCUT2D eigenvalue weighted by molar-refractivity contribution is -0.275. The van der Waals surface area contributed by atoms with E-state index >= 15 is 0 Å². The van der Waals surface area contributed by atoms with Crippen molar-refractivity contribution in [2.45, 2.75) is 69.4 Å². The maximum Gasteiger partial charge on any atom is 0.573 e. The Morgan fingerprint density at radius 1 is 0.891 bits per heavy atom. The Hall–Kier alpha value is -3.86. The van der Waals surface area contributed by atoms with Crippen molar-refractivity contribution in [3.63, 3.8) is 0 Å². The topological polar surface area (TPSA) is 143 Å². The fourth-order valence-electron chi connectivity index (χ4n) is 4.67. The predicted molar refractivity (Wildman–Crippen MR) is 159 cm³/mol. The Kier molecular flexibility index (Phi) is 11.7. The average Bonchev–Trinajstić information content (AvgIpc) is 2.94. The molecular weight excluding hydrogens is 644 g/mol. The molecule has 0 bridgehead atoms. The molecule has 1 saturated carbocycles. The van der Waals surface area contributed by atoms with Crippen molar-refractivity contribution < 1.29 is 49.4 Å². The number of para-hydroxylation sites is 2. The third-order valence-corrected chi connectivity index (χ3v) is 8.24. The monoisotopic (exact) mass is 679 g/mol. The van der Waals surface area contributed by atoms with Crippen molar-refractivity contribution in [2.75, 3.05) is 23.7 Å². The highest BCUT2D eigenvalue weighted by Crippen LogP contribution is 2.32. The molecule has 0 unspecified atom stereocenters. The molecular formula is C29H35F6N5O5S. The number of benzene rings is 2. The van der Waals surface area contributed by atoms with E-state index in [0.29, 0.717) is 18.4 Å². The van der Waals surface area contributed by atoms with Gasteiger partial charge in [-0.25, -0.2) is 22.9 Å².